The molecule has 0 saturated carbocycles. The molecule has 0 radical (unpaired) electrons. The van der Waals surface area contributed by atoms with E-state index >= 15 is 0 Å². The van der Waals surface area contributed by atoms with E-state index in [2.05, 4.69) is 0 Å². The van der Waals surface area contributed by atoms with Gasteiger partial charge < -0.3 is 4.74 Å². The Labute approximate surface area is 116 Å². The van der Waals surface area contributed by atoms with Gasteiger partial charge in [-0.15, -0.1) is 0 Å². The summed E-state index contributed by atoms with van der Waals surface area (Å²) in [6.07, 6.45) is 0.461. The standard InChI is InChI=1S/C15H13NO4/c1-2-15(17)11-3-7-13(8-4-11)20-14-9-5-12(6-10-14)16(18)19/h3-10H,2H2,1H3. The Morgan fingerprint density at radius 1 is 1.05 bits per heavy atom. The number of nitro benzene ring substituents is 1. The Balaban J connectivity index is 2.10. The Kier molecular flexibility index (Phi) is 4.10. The lowest BCUT2D eigenvalue weighted by molar-refractivity contribution is -0.384. The summed E-state index contributed by atoms with van der Waals surface area (Å²) in [6.45, 7) is 1.81. The number of hydrogen-bond acceptors (Lipinski definition) is 4. The van der Waals surface area contributed by atoms with Crippen molar-refractivity contribution < 1.29 is 14.5 Å². The van der Waals surface area contributed by atoms with E-state index in [4.69, 9.17) is 4.74 Å². The van der Waals surface area contributed by atoms with Crippen molar-refractivity contribution in [1.82, 2.24) is 0 Å². The largest absolute Gasteiger partial charge is 0.457 e. The first-order chi connectivity index (χ1) is 9.60. The highest BCUT2D eigenvalue weighted by Gasteiger charge is 2.06. The third-order valence-corrected chi connectivity index (χ3v) is 2.78. The highest BCUT2D eigenvalue weighted by Crippen LogP contribution is 2.24. The average molecular weight is 271 g/mol. The minimum atomic E-state index is -0.463. The third-order valence-electron chi connectivity index (χ3n) is 2.78. The van der Waals surface area contributed by atoms with Gasteiger partial charge in [0.25, 0.3) is 5.69 Å². The molecular formula is C15H13NO4. The lowest BCUT2D eigenvalue weighted by Gasteiger charge is -2.06. The van der Waals surface area contributed by atoms with Gasteiger partial charge in [0.2, 0.25) is 0 Å². The summed E-state index contributed by atoms with van der Waals surface area (Å²) in [4.78, 5) is 21.5. The molecule has 0 fully saturated rings. The molecule has 0 aliphatic heterocycles. The highest BCUT2D eigenvalue weighted by atomic mass is 16.6. The van der Waals surface area contributed by atoms with Crippen molar-refractivity contribution in [2.45, 2.75) is 13.3 Å². The van der Waals surface area contributed by atoms with Crippen LogP contribution in [0.5, 0.6) is 11.5 Å². The second-order valence-electron chi connectivity index (χ2n) is 4.15. The van der Waals surface area contributed by atoms with Gasteiger partial charge in [0, 0.05) is 24.1 Å². The fourth-order valence-electron chi connectivity index (χ4n) is 1.68. The first-order valence-corrected chi connectivity index (χ1v) is 6.15. The fraction of sp³-hybridized carbons (Fsp3) is 0.133. The summed E-state index contributed by atoms with van der Waals surface area (Å²) in [5.41, 5.74) is 0.657. The number of Topliss-reactive ketones (excluding diaryl/α,β-unsaturated/α-hetero) is 1. The van der Waals surface area contributed by atoms with Gasteiger partial charge in [0.1, 0.15) is 11.5 Å². The zero-order valence-electron chi connectivity index (χ0n) is 10.9. The first kappa shape index (κ1) is 13.7. The molecule has 0 atom stereocenters. The van der Waals surface area contributed by atoms with Crippen molar-refractivity contribution in [1.29, 1.82) is 0 Å². The number of nitrogens with zero attached hydrogens (tertiary/aromatic N) is 1. The average Bonchev–Trinajstić information content (AvgIpc) is 2.48. The molecule has 0 aromatic heterocycles. The lowest BCUT2D eigenvalue weighted by Crippen LogP contribution is -1.95. The van der Waals surface area contributed by atoms with Crippen LogP contribution in [0.3, 0.4) is 0 Å². The van der Waals surface area contributed by atoms with Crippen molar-refractivity contribution in [3.05, 3.63) is 64.2 Å². The summed E-state index contributed by atoms with van der Waals surface area (Å²) >= 11 is 0. The van der Waals surface area contributed by atoms with Crippen LogP contribution in [0.2, 0.25) is 0 Å². The SMILES string of the molecule is CCC(=O)c1ccc(Oc2ccc([N+](=O)[O-])cc2)cc1. The number of nitro groups is 1. The van der Waals surface area contributed by atoms with Gasteiger partial charge in [-0.25, -0.2) is 0 Å². The fourth-order valence-corrected chi connectivity index (χ4v) is 1.68. The summed E-state index contributed by atoms with van der Waals surface area (Å²) < 4.78 is 5.55. The van der Waals surface area contributed by atoms with Gasteiger partial charge >= 0.3 is 0 Å². The quantitative estimate of drug-likeness (QED) is 0.468. The molecule has 2 aromatic carbocycles. The summed E-state index contributed by atoms with van der Waals surface area (Å²) in [6, 6.07) is 12.6. The summed E-state index contributed by atoms with van der Waals surface area (Å²) in [5.74, 6) is 1.16. The van der Waals surface area contributed by atoms with Crippen LogP contribution in [0.4, 0.5) is 5.69 Å². The van der Waals surface area contributed by atoms with Crippen LogP contribution in [0.15, 0.2) is 48.5 Å². The Morgan fingerprint density at radius 3 is 2.00 bits per heavy atom. The van der Waals surface area contributed by atoms with Crippen LogP contribution in [0.25, 0.3) is 0 Å². The monoisotopic (exact) mass is 271 g/mol. The maximum absolute atomic E-state index is 11.5. The number of carbonyl (C=O) groups is 1. The highest BCUT2D eigenvalue weighted by molar-refractivity contribution is 5.95. The van der Waals surface area contributed by atoms with E-state index < -0.39 is 4.92 Å². The van der Waals surface area contributed by atoms with Gasteiger partial charge in [-0.3, -0.25) is 14.9 Å². The van der Waals surface area contributed by atoms with E-state index in [1.54, 1.807) is 24.3 Å². The van der Waals surface area contributed by atoms with E-state index in [1.807, 2.05) is 6.92 Å². The minimum Gasteiger partial charge on any atom is -0.457 e. The van der Waals surface area contributed by atoms with E-state index in [0.29, 0.717) is 23.5 Å². The molecule has 0 aliphatic carbocycles. The molecule has 0 bridgehead atoms. The molecule has 2 aromatic rings. The predicted octanol–water partition coefficient (Wildman–Crippen LogP) is 3.98. The van der Waals surface area contributed by atoms with Gasteiger partial charge in [-0.2, -0.15) is 0 Å². The Hall–Kier alpha value is -2.69. The van der Waals surface area contributed by atoms with Crippen molar-refractivity contribution in [2.24, 2.45) is 0 Å². The molecule has 0 spiro atoms. The molecule has 0 unspecified atom stereocenters. The smallest absolute Gasteiger partial charge is 0.269 e. The molecule has 0 heterocycles. The van der Waals surface area contributed by atoms with Crippen molar-refractivity contribution >= 4 is 11.5 Å². The van der Waals surface area contributed by atoms with Crippen LogP contribution in [-0.4, -0.2) is 10.7 Å². The molecule has 20 heavy (non-hydrogen) atoms. The minimum absolute atomic E-state index is 0.0150. The number of ether oxygens (including phenoxy) is 1. The van der Waals surface area contributed by atoms with E-state index in [9.17, 15) is 14.9 Å². The predicted molar refractivity (Wildman–Crippen MR) is 74.2 cm³/mol. The maximum Gasteiger partial charge on any atom is 0.269 e. The van der Waals surface area contributed by atoms with E-state index in [1.165, 1.54) is 24.3 Å². The molecular weight excluding hydrogens is 258 g/mol. The van der Waals surface area contributed by atoms with Crippen molar-refractivity contribution in [3.8, 4) is 11.5 Å². The Morgan fingerprint density at radius 2 is 1.55 bits per heavy atom. The summed E-state index contributed by atoms with van der Waals surface area (Å²) in [5, 5.41) is 10.5. The number of ketones is 1. The van der Waals surface area contributed by atoms with Crippen LogP contribution < -0.4 is 4.74 Å². The second kappa shape index (κ2) is 5.97. The van der Waals surface area contributed by atoms with Crippen LogP contribution in [-0.2, 0) is 0 Å². The number of non-ortho nitro benzene ring substituents is 1. The second-order valence-corrected chi connectivity index (χ2v) is 4.15. The first-order valence-electron chi connectivity index (χ1n) is 6.15. The molecule has 5 heteroatoms. The number of hydrogen-bond donors (Lipinski definition) is 0. The summed E-state index contributed by atoms with van der Waals surface area (Å²) in [7, 11) is 0. The molecule has 0 amide bonds. The zero-order chi connectivity index (χ0) is 14.5. The molecule has 5 nitrogen and oxygen atoms in total. The van der Waals surface area contributed by atoms with Gasteiger partial charge in [0.05, 0.1) is 4.92 Å². The van der Waals surface area contributed by atoms with Crippen molar-refractivity contribution in [2.75, 3.05) is 0 Å². The normalized spacial score (nSPS) is 10.1. The molecule has 0 N–H and O–H groups in total. The van der Waals surface area contributed by atoms with Crippen LogP contribution >= 0.6 is 0 Å². The number of carbonyl (C=O) groups excluding carboxylic acids is 1. The van der Waals surface area contributed by atoms with E-state index in [-0.39, 0.29) is 11.5 Å². The van der Waals surface area contributed by atoms with Gasteiger partial charge in [0.15, 0.2) is 5.78 Å². The molecule has 0 saturated heterocycles. The molecule has 0 aliphatic rings. The van der Waals surface area contributed by atoms with Gasteiger partial charge in [-0.1, -0.05) is 6.92 Å². The van der Waals surface area contributed by atoms with E-state index in [0.717, 1.165) is 0 Å². The van der Waals surface area contributed by atoms with Crippen LogP contribution in [0.1, 0.15) is 23.7 Å². The van der Waals surface area contributed by atoms with Crippen molar-refractivity contribution in [3.63, 3.8) is 0 Å². The maximum atomic E-state index is 11.5. The molecule has 2 rings (SSSR count). The number of rotatable bonds is 5. The topological polar surface area (TPSA) is 69.4 Å². The third kappa shape index (κ3) is 3.20. The number of benzene rings is 2. The van der Waals surface area contributed by atoms with Crippen LogP contribution in [0, 0.1) is 10.1 Å². The lowest BCUT2D eigenvalue weighted by atomic mass is 10.1. The Bertz CT molecular complexity index is 617. The zero-order valence-corrected chi connectivity index (χ0v) is 10.9. The van der Waals surface area contributed by atoms with Gasteiger partial charge in [-0.05, 0) is 36.4 Å². The molecule has 102 valence electrons.